The van der Waals surface area contributed by atoms with E-state index in [2.05, 4.69) is 40.9 Å². The number of alkyl halides is 2. The fourth-order valence-corrected chi connectivity index (χ4v) is 10.9. The molecule has 6 aliphatic rings. The smallest absolute Gasteiger partial charge is 0.255 e. The van der Waals surface area contributed by atoms with Crippen molar-refractivity contribution in [2.24, 2.45) is 5.41 Å². The Kier molecular flexibility index (Phi) is 13.1. The van der Waals surface area contributed by atoms with Gasteiger partial charge < -0.3 is 24.8 Å². The minimum Gasteiger partial charge on any atom is -0.489 e. The largest absolute Gasteiger partial charge is 0.489 e. The second-order valence-electron chi connectivity index (χ2n) is 18.5. The molecule has 0 radical (unpaired) electrons. The maximum Gasteiger partial charge on any atom is 0.255 e. The average Bonchev–Trinajstić information content (AvgIpc) is 3.58. The Morgan fingerprint density at radius 3 is 2.42 bits per heavy atom. The van der Waals surface area contributed by atoms with Crippen LogP contribution < -0.4 is 20.3 Å². The summed E-state index contributed by atoms with van der Waals surface area (Å²) in [5.41, 5.74) is 6.19. The van der Waals surface area contributed by atoms with Crippen molar-refractivity contribution < 1.29 is 41.5 Å². The minimum atomic E-state index is -2.61. The van der Waals surface area contributed by atoms with Gasteiger partial charge in [0, 0.05) is 81.2 Å². The molecule has 65 heavy (non-hydrogen) atoms. The molecule has 3 fully saturated rings. The summed E-state index contributed by atoms with van der Waals surface area (Å²) >= 11 is 0. The number of anilines is 2. The van der Waals surface area contributed by atoms with Crippen LogP contribution in [0.1, 0.15) is 96.2 Å². The van der Waals surface area contributed by atoms with Gasteiger partial charge in [-0.2, -0.15) is 0 Å². The van der Waals surface area contributed by atoms with Gasteiger partial charge in [0.15, 0.2) is 0 Å². The number of ether oxygens (including phenoxy) is 1. The normalized spacial score (nSPS) is 23.6. The van der Waals surface area contributed by atoms with Crippen LogP contribution in [0.25, 0.3) is 6.08 Å². The molecule has 0 bridgehead atoms. The predicted molar refractivity (Wildman–Crippen MR) is 240 cm³/mol. The van der Waals surface area contributed by atoms with Crippen molar-refractivity contribution in [3.05, 3.63) is 93.6 Å². The van der Waals surface area contributed by atoms with Gasteiger partial charge >= 0.3 is 0 Å². The zero-order chi connectivity index (χ0) is 46.5. The molecule has 2 N–H and O–H groups in total. The summed E-state index contributed by atoms with van der Waals surface area (Å²) in [5.74, 6) is -1.49. The number of nitrogens with one attached hydrogen (secondary N) is 2. The lowest BCUT2D eigenvalue weighted by Crippen LogP contribution is -2.62. The molecule has 6 aliphatic heterocycles. The van der Waals surface area contributed by atoms with E-state index in [1.54, 1.807) is 50.1 Å². The molecule has 4 amide bonds. The molecule has 2 unspecified atom stereocenters. The summed E-state index contributed by atoms with van der Waals surface area (Å²) in [6.07, 6.45) is 2.46. The summed E-state index contributed by atoms with van der Waals surface area (Å²) in [4.78, 5) is 59.7. The Bertz CT molecular complexity index is 2360. The Hall–Kier alpha value is -5.48. The van der Waals surface area contributed by atoms with Crippen LogP contribution in [0.2, 0.25) is 0 Å². The molecule has 0 saturated carbocycles. The first-order chi connectivity index (χ1) is 31.1. The second-order valence-corrected chi connectivity index (χ2v) is 18.5. The molecule has 3 saturated heterocycles. The zero-order valence-corrected chi connectivity index (χ0v) is 37.8. The molecule has 0 aliphatic carbocycles. The topological polar surface area (TPSA) is 118 Å². The highest BCUT2D eigenvalue weighted by atomic mass is 19.3. The maximum absolute atomic E-state index is 14.9. The van der Waals surface area contributed by atoms with E-state index in [4.69, 9.17) is 4.74 Å². The summed E-state index contributed by atoms with van der Waals surface area (Å²) < 4.78 is 62.5. The molecular formula is C49H59F4N7O5. The van der Waals surface area contributed by atoms with Gasteiger partial charge in [-0.15, -0.1) is 0 Å². The first kappa shape index (κ1) is 46.1. The highest BCUT2D eigenvalue weighted by Crippen LogP contribution is 2.44. The van der Waals surface area contributed by atoms with Crippen molar-refractivity contribution in [3.8, 4) is 5.75 Å². The number of piperidine rings is 1. The number of nitrogens with zero attached hydrogens (tertiary/aromatic N) is 5. The Morgan fingerprint density at radius 1 is 1.05 bits per heavy atom. The van der Waals surface area contributed by atoms with Crippen molar-refractivity contribution >= 4 is 41.1 Å². The third-order valence-electron chi connectivity index (χ3n) is 14.6. The molecule has 4 atom stereocenters. The lowest BCUT2D eigenvalue weighted by molar-refractivity contribution is -0.138. The van der Waals surface area contributed by atoms with Gasteiger partial charge in [-0.3, -0.25) is 34.3 Å². The number of hydrogen-bond acceptors (Lipinski definition) is 9. The molecule has 348 valence electrons. The number of carbonyl (C=O) groups is 4. The average molecular weight is 902 g/mol. The lowest BCUT2D eigenvalue weighted by atomic mass is 9.75. The number of amides is 4. The molecule has 0 spiro atoms. The molecule has 12 nitrogen and oxygen atoms in total. The van der Waals surface area contributed by atoms with Gasteiger partial charge in [0.05, 0.1) is 30.9 Å². The van der Waals surface area contributed by atoms with Crippen LogP contribution in [0, 0.1) is 24.0 Å². The van der Waals surface area contributed by atoms with Crippen LogP contribution in [0.15, 0.2) is 43.0 Å². The number of likely N-dealkylation sites (tertiary alicyclic amines) is 1. The predicted octanol–water partition coefficient (Wildman–Crippen LogP) is 6.54. The third-order valence-corrected chi connectivity index (χ3v) is 14.6. The first-order valence-electron chi connectivity index (χ1n) is 22.8. The quantitative estimate of drug-likeness (QED) is 0.173. The first-order valence-corrected chi connectivity index (χ1v) is 22.8. The van der Waals surface area contributed by atoms with Gasteiger partial charge in [0.2, 0.25) is 17.7 Å². The number of carbonyl (C=O) groups excluding carboxylic acids is 4. The molecule has 6 heterocycles. The van der Waals surface area contributed by atoms with Gasteiger partial charge in [-0.1, -0.05) is 32.6 Å². The van der Waals surface area contributed by atoms with Crippen molar-refractivity contribution in [1.29, 1.82) is 0 Å². The zero-order valence-electron chi connectivity index (χ0n) is 37.8. The fourth-order valence-electron chi connectivity index (χ4n) is 10.9. The van der Waals surface area contributed by atoms with E-state index in [1.807, 2.05) is 11.0 Å². The molecule has 0 aromatic heterocycles. The van der Waals surface area contributed by atoms with E-state index < -0.39 is 42.6 Å². The van der Waals surface area contributed by atoms with Crippen LogP contribution in [-0.2, 0) is 27.3 Å². The van der Waals surface area contributed by atoms with E-state index in [1.165, 1.54) is 17.0 Å². The number of fused-ring (bicyclic) bond motifs is 5. The number of benzene rings is 3. The van der Waals surface area contributed by atoms with Crippen LogP contribution in [-0.4, -0.2) is 127 Å². The van der Waals surface area contributed by atoms with E-state index in [9.17, 15) is 36.7 Å². The van der Waals surface area contributed by atoms with Crippen molar-refractivity contribution in [3.63, 3.8) is 0 Å². The van der Waals surface area contributed by atoms with Crippen LogP contribution in [0.5, 0.6) is 5.75 Å². The van der Waals surface area contributed by atoms with Crippen LogP contribution in [0.4, 0.5) is 28.9 Å². The van der Waals surface area contributed by atoms with Gasteiger partial charge in [-0.25, -0.2) is 17.6 Å². The molecule has 3 aromatic carbocycles. The van der Waals surface area contributed by atoms with Crippen molar-refractivity contribution in [1.82, 2.24) is 24.9 Å². The summed E-state index contributed by atoms with van der Waals surface area (Å²) in [5, 5.41) is 5.43. The van der Waals surface area contributed by atoms with Crippen molar-refractivity contribution in [2.75, 3.05) is 69.7 Å². The van der Waals surface area contributed by atoms with Crippen LogP contribution >= 0.6 is 0 Å². The van der Waals surface area contributed by atoms with Gasteiger partial charge in [0.1, 0.15) is 30.0 Å². The Balaban J connectivity index is 0.000000185. The van der Waals surface area contributed by atoms with E-state index >= 15 is 0 Å². The second kappa shape index (κ2) is 18.4. The van der Waals surface area contributed by atoms with E-state index in [0.29, 0.717) is 80.0 Å². The minimum absolute atomic E-state index is 0.0633. The standard InChI is InChI=1S/C27H35N5O5.C22H24F4N2/c1-3-27(4-2)15-29(16-27)13-24(34)30-7-8-31-18(12-30)14-37-22-10-19-17(9-21(22)31)11-32(26(19)36)20-5-6-23(33)28-25(20)35;1-5-14-16-10-13(3)28(11-20(25)26)22(15(16)6-7-19(14)27-4)21-17(23)8-12(2)9-18(21)24/h9-10,18,20H,3-8,11-16H2,1-2H3,(H,28,33,35);5-9,13,20,22,27H,1,10-11H2,2-4H3/t18-,20?;13-,22?/m01/s1. The van der Waals surface area contributed by atoms with Gasteiger partial charge in [0.25, 0.3) is 12.3 Å². The number of halogens is 4. The Labute approximate surface area is 377 Å². The lowest BCUT2D eigenvalue weighted by Gasteiger charge is -2.50. The SMILES string of the molecule is C=Cc1c(NC)ccc2c1C[C@@H](C)N(CC(F)F)C2c1c(F)cc(C)cc1F.CCC1(CC)CN(CC(=O)N2CCN3c4cc5c(cc4OC[C@@H]3C2)C(=O)N(C2CCC(=O)NC2=O)C5)C1. The summed E-state index contributed by atoms with van der Waals surface area (Å²) in [7, 11) is 1.78. The van der Waals surface area contributed by atoms with Gasteiger partial charge in [-0.05, 0) is 97.5 Å². The van der Waals surface area contributed by atoms with E-state index in [0.717, 1.165) is 54.0 Å². The molecule has 16 heteroatoms. The highest BCUT2D eigenvalue weighted by molar-refractivity contribution is 6.06. The number of imide groups is 1. The molecule has 3 aromatic rings. The third kappa shape index (κ3) is 8.71. The van der Waals surface area contributed by atoms with Crippen LogP contribution in [0.3, 0.4) is 0 Å². The maximum atomic E-state index is 14.9. The van der Waals surface area contributed by atoms with E-state index in [-0.39, 0.29) is 41.8 Å². The summed E-state index contributed by atoms with van der Waals surface area (Å²) in [6.45, 7) is 16.5. The van der Waals surface area contributed by atoms with Crippen molar-refractivity contribution in [2.45, 2.75) is 96.9 Å². The number of hydrogen-bond donors (Lipinski definition) is 2. The summed E-state index contributed by atoms with van der Waals surface area (Å²) in [6, 6.07) is 8.03. The monoisotopic (exact) mass is 901 g/mol. The Morgan fingerprint density at radius 2 is 1.77 bits per heavy atom. The molecule has 9 rings (SSSR count). The number of piperazine rings is 1. The number of rotatable bonds is 10. The fraction of sp³-hybridized carbons (Fsp3) is 0.510. The highest BCUT2D eigenvalue weighted by Gasteiger charge is 2.44. The molecular weight excluding hydrogens is 843 g/mol. The number of aryl methyl sites for hydroxylation is 1.